The van der Waals surface area contributed by atoms with Crippen molar-refractivity contribution in [1.29, 1.82) is 0 Å². The number of epoxide rings is 1. The number of alkyl halides is 1. The molecule has 0 aliphatic carbocycles. The first-order valence-corrected chi connectivity index (χ1v) is 5.44. The number of halogens is 1. The quantitative estimate of drug-likeness (QED) is 0.392. The van der Waals surface area contributed by atoms with Crippen molar-refractivity contribution in [3.63, 3.8) is 0 Å². The van der Waals surface area contributed by atoms with Crippen molar-refractivity contribution < 1.29 is 19.0 Å². The molecule has 5 heteroatoms. The first-order valence-electron chi connectivity index (χ1n) is 5.06. The van der Waals surface area contributed by atoms with Gasteiger partial charge < -0.3 is 14.2 Å². The lowest BCUT2D eigenvalue weighted by molar-refractivity contribution is -0.143. The lowest BCUT2D eigenvalue weighted by Gasteiger charge is -2.30. The van der Waals surface area contributed by atoms with Gasteiger partial charge in [-0.15, -0.1) is 0 Å². The Balaban J connectivity index is 2.14. The molecule has 2 rings (SSSR count). The van der Waals surface area contributed by atoms with Crippen LogP contribution in [0.25, 0.3) is 0 Å². The van der Waals surface area contributed by atoms with Crippen LogP contribution in [0, 0.1) is 0 Å². The molecule has 2 saturated heterocycles. The smallest absolute Gasteiger partial charge is 0.357 e. The number of hydrogen-bond acceptors (Lipinski definition) is 4. The lowest BCUT2D eigenvalue weighted by atomic mass is 9.89. The van der Waals surface area contributed by atoms with Crippen LogP contribution in [-0.2, 0) is 19.0 Å². The number of ether oxygens (including phenoxy) is 3. The average Bonchev–Trinajstić information content (AvgIpc) is 2.68. The summed E-state index contributed by atoms with van der Waals surface area (Å²) < 4.78 is 15.7. The standard InChI is InChI=1S/C10H15ClO4/c1-6-4-9(5-7(2)14-6)10(11,15-9)8(12)13-3/h6-7H,4-5H2,1-3H3. The van der Waals surface area contributed by atoms with Gasteiger partial charge in [-0.2, -0.15) is 0 Å². The molecule has 0 N–H and O–H groups in total. The number of hydrogen-bond donors (Lipinski definition) is 0. The number of carbonyl (C=O) groups is 1. The van der Waals surface area contributed by atoms with Crippen LogP contribution in [0.15, 0.2) is 0 Å². The normalized spacial score (nSPS) is 49.1. The summed E-state index contributed by atoms with van der Waals surface area (Å²) in [5, 5.41) is -1.28. The molecule has 0 aromatic heterocycles. The molecule has 0 saturated carbocycles. The van der Waals surface area contributed by atoms with E-state index >= 15 is 0 Å². The van der Waals surface area contributed by atoms with Gasteiger partial charge in [-0.3, -0.25) is 0 Å². The number of rotatable bonds is 1. The average molecular weight is 235 g/mol. The first-order chi connectivity index (χ1) is 6.93. The van der Waals surface area contributed by atoms with Crippen molar-refractivity contribution in [1.82, 2.24) is 0 Å². The van der Waals surface area contributed by atoms with E-state index < -0.39 is 16.6 Å². The van der Waals surface area contributed by atoms with Crippen molar-refractivity contribution in [2.24, 2.45) is 0 Å². The Morgan fingerprint density at radius 2 is 1.93 bits per heavy atom. The molecular formula is C10H15ClO4. The molecule has 2 aliphatic rings. The molecular weight excluding hydrogens is 220 g/mol. The van der Waals surface area contributed by atoms with Crippen molar-refractivity contribution >= 4 is 17.6 Å². The zero-order valence-electron chi connectivity index (χ0n) is 9.08. The molecule has 15 heavy (non-hydrogen) atoms. The van der Waals surface area contributed by atoms with E-state index in [0.29, 0.717) is 12.8 Å². The van der Waals surface area contributed by atoms with Gasteiger partial charge >= 0.3 is 5.97 Å². The molecule has 3 unspecified atom stereocenters. The van der Waals surface area contributed by atoms with Gasteiger partial charge in [0.2, 0.25) is 0 Å². The van der Waals surface area contributed by atoms with Gasteiger partial charge in [0.05, 0.1) is 19.3 Å². The van der Waals surface area contributed by atoms with Crippen LogP contribution in [0.1, 0.15) is 26.7 Å². The second-order valence-electron chi connectivity index (χ2n) is 4.35. The van der Waals surface area contributed by atoms with Crippen LogP contribution in [0.5, 0.6) is 0 Å². The summed E-state index contributed by atoms with van der Waals surface area (Å²) in [6, 6.07) is 0. The highest BCUT2D eigenvalue weighted by Gasteiger charge is 2.76. The molecule has 2 fully saturated rings. The number of esters is 1. The van der Waals surface area contributed by atoms with Gasteiger partial charge in [-0.05, 0) is 13.8 Å². The maximum absolute atomic E-state index is 11.5. The molecule has 2 aliphatic heterocycles. The van der Waals surface area contributed by atoms with E-state index in [1.807, 2.05) is 13.8 Å². The van der Waals surface area contributed by atoms with E-state index in [1.54, 1.807) is 0 Å². The van der Waals surface area contributed by atoms with E-state index in [2.05, 4.69) is 4.74 Å². The van der Waals surface area contributed by atoms with Crippen LogP contribution in [0.4, 0.5) is 0 Å². The lowest BCUT2D eigenvalue weighted by Crippen LogP contribution is -2.41. The van der Waals surface area contributed by atoms with Crippen LogP contribution >= 0.6 is 11.6 Å². The molecule has 0 bridgehead atoms. The van der Waals surface area contributed by atoms with Gasteiger partial charge in [0, 0.05) is 12.8 Å². The van der Waals surface area contributed by atoms with Crippen LogP contribution in [-0.4, -0.2) is 35.9 Å². The topological polar surface area (TPSA) is 48.1 Å². The Kier molecular flexibility index (Phi) is 2.48. The highest BCUT2D eigenvalue weighted by molar-refractivity contribution is 6.36. The van der Waals surface area contributed by atoms with Crippen LogP contribution in [0.2, 0.25) is 0 Å². The molecule has 3 atom stereocenters. The summed E-state index contributed by atoms with van der Waals surface area (Å²) in [5.41, 5.74) is -0.585. The number of carbonyl (C=O) groups excluding carboxylic acids is 1. The van der Waals surface area contributed by atoms with E-state index in [4.69, 9.17) is 21.1 Å². The summed E-state index contributed by atoms with van der Waals surface area (Å²) in [5.74, 6) is -0.509. The van der Waals surface area contributed by atoms with Crippen molar-refractivity contribution in [3.8, 4) is 0 Å². The third-order valence-corrected chi connectivity index (χ3v) is 3.60. The summed E-state index contributed by atoms with van der Waals surface area (Å²) in [6.07, 6.45) is 1.38. The van der Waals surface area contributed by atoms with Gasteiger partial charge in [-0.1, -0.05) is 11.6 Å². The first kappa shape index (κ1) is 11.2. The zero-order valence-corrected chi connectivity index (χ0v) is 9.84. The minimum Gasteiger partial charge on any atom is -0.466 e. The fourth-order valence-electron chi connectivity index (χ4n) is 2.45. The van der Waals surface area contributed by atoms with E-state index in [9.17, 15) is 4.79 Å². The summed E-state index contributed by atoms with van der Waals surface area (Å²) in [6.45, 7) is 3.90. The molecule has 0 amide bonds. The molecule has 0 aromatic rings. The van der Waals surface area contributed by atoms with E-state index in [-0.39, 0.29) is 12.2 Å². The van der Waals surface area contributed by atoms with Gasteiger partial charge in [0.15, 0.2) is 0 Å². The summed E-state index contributed by atoms with van der Waals surface area (Å²) >= 11 is 6.11. The molecule has 86 valence electrons. The maximum atomic E-state index is 11.5. The van der Waals surface area contributed by atoms with Crippen LogP contribution < -0.4 is 0 Å². The van der Waals surface area contributed by atoms with Gasteiger partial charge in [0.1, 0.15) is 5.60 Å². The fourth-order valence-corrected chi connectivity index (χ4v) is 2.83. The number of methoxy groups -OCH3 is 1. The summed E-state index contributed by atoms with van der Waals surface area (Å²) in [4.78, 5) is 11.5. The van der Waals surface area contributed by atoms with E-state index in [0.717, 1.165) is 0 Å². The second kappa shape index (κ2) is 3.34. The Labute approximate surface area is 93.8 Å². The SMILES string of the molecule is COC(=O)C1(Cl)OC12CC(C)OC(C)C2. The largest absolute Gasteiger partial charge is 0.466 e. The maximum Gasteiger partial charge on any atom is 0.357 e. The Morgan fingerprint density at radius 1 is 1.40 bits per heavy atom. The Bertz CT molecular complexity index is 283. The van der Waals surface area contributed by atoms with Gasteiger partial charge in [0.25, 0.3) is 5.06 Å². The molecule has 0 aromatic carbocycles. The monoisotopic (exact) mass is 234 g/mol. The third-order valence-electron chi connectivity index (χ3n) is 3.03. The van der Waals surface area contributed by atoms with Crippen molar-refractivity contribution in [2.75, 3.05) is 7.11 Å². The second-order valence-corrected chi connectivity index (χ2v) is 4.88. The molecule has 1 spiro atoms. The minimum absolute atomic E-state index is 0.0547. The molecule has 4 nitrogen and oxygen atoms in total. The molecule has 2 heterocycles. The third kappa shape index (κ3) is 1.55. The molecule has 0 radical (unpaired) electrons. The fraction of sp³-hybridized carbons (Fsp3) is 0.900. The van der Waals surface area contributed by atoms with Crippen LogP contribution in [0.3, 0.4) is 0 Å². The zero-order chi connectivity index (χ0) is 11.3. The predicted molar refractivity (Wildman–Crippen MR) is 53.7 cm³/mol. The minimum atomic E-state index is -1.28. The van der Waals surface area contributed by atoms with Crippen molar-refractivity contribution in [2.45, 2.75) is 49.6 Å². The van der Waals surface area contributed by atoms with Gasteiger partial charge in [-0.25, -0.2) is 4.79 Å². The predicted octanol–water partition coefficient (Wildman–Crippen LogP) is 1.45. The highest BCUT2D eigenvalue weighted by Crippen LogP contribution is 2.59. The Morgan fingerprint density at radius 3 is 2.40 bits per heavy atom. The Hall–Kier alpha value is -0.320. The van der Waals surface area contributed by atoms with Crippen molar-refractivity contribution in [3.05, 3.63) is 0 Å². The van der Waals surface area contributed by atoms with E-state index in [1.165, 1.54) is 7.11 Å². The highest BCUT2D eigenvalue weighted by atomic mass is 35.5. The summed E-state index contributed by atoms with van der Waals surface area (Å²) in [7, 11) is 1.31.